The molecule has 2 aromatic rings. The number of aliphatic imine (C=N–C) groups is 1. The van der Waals surface area contributed by atoms with Crippen LogP contribution in [0.25, 0.3) is 0 Å². The van der Waals surface area contributed by atoms with E-state index in [2.05, 4.69) is 51.9 Å². The summed E-state index contributed by atoms with van der Waals surface area (Å²) in [5.74, 6) is -1.86. The number of anilines is 1. The van der Waals surface area contributed by atoms with Gasteiger partial charge in [-0.3, -0.25) is 13.9 Å². The molecule has 1 atom stereocenters. The summed E-state index contributed by atoms with van der Waals surface area (Å²) in [6.45, 7) is 16.5. The molecule has 50 heavy (non-hydrogen) atoms. The number of sulfonamides is 1. The zero-order valence-corrected chi connectivity index (χ0v) is 32.2. The molecule has 2 aliphatic heterocycles. The number of carbonyl (C=O) groups is 3. The number of hydrogen-bond donors (Lipinski definition) is 1. The van der Waals surface area contributed by atoms with Gasteiger partial charge >= 0.3 is 6.09 Å². The third kappa shape index (κ3) is 9.46. The van der Waals surface area contributed by atoms with Crippen molar-refractivity contribution in [3.63, 3.8) is 0 Å². The van der Waals surface area contributed by atoms with Crippen molar-refractivity contribution in [2.75, 3.05) is 25.1 Å². The average Bonchev–Trinajstić information content (AvgIpc) is 3.21. The quantitative estimate of drug-likeness (QED) is 0.137. The van der Waals surface area contributed by atoms with Gasteiger partial charge in [0.15, 0.2) is 17.5 Å². The van der Waals surface area contributed by atoms with Crippen LogP contribution < -0.4 is 5.32 Å². The van der Waals surface area contributed by atoms with Crippen LogP contribution in [0.1, 0.15) is 93.9 Å². The molecule has 2 heterocycles. The molecule has 0 bridgehead atoms. The van der Waals surface area contributed by atoms with Crippen LogP contribution in [0.4, 0.5) is 16.2 Å². The number of ether oxygens (including phenoxy) is 2. The second-order valence-corrected chi connectivity index (χ2v) is 18.7. The van der Waals surface area contributed by atoms with Crippen LogP contribution in [-0.2, 0) is 29.1 Å². The van der Waals surface area contributed by atoms with Crippen molar-refractivity contribution in [2.24, 2.45) is 10.4 Å². The van der Waals surface area contributed by atoms with Crippen molar-refractivity contribution in [2.45, 2.75) is 120 Å². The minimum atomic E-state index is -4.26. The number of fused-ring (bicyclic) bond motifs is 1. The summed E-state index contributed by atoms with van der Waals surface area (Å²) < 4.78 is 40.4. The highest BCUT2D eigenvalue weighted by molar-refractivity contribution is 8.00. The van der Waals surface area contributed by atoms with Crippen LogP contribution in [0.5, 0.6) is 0 Å². The van der Waals surface area contributed by atoms with Crippen LogP contribution in [0.15, 0.2) is 63.3 Å². The molecule has 13 heteroatoms. The third-order valence-electron chi connectivity index (χ3n) is 8.23. The van der Waals surface area contributed by atoms with Gasteiger partial charge in [0, 0.05) is 29.4 Å². The number of amidine groups is 1. The van der Waals surface area contributed by atoms with Crippen LogP contribution in [0, 0.1) is 5.41 Å². The van der Waals surface area contributed by atoms with E-state index in [4.69, 9.17) is 9.47 Å². The number of thioether (sulfide) groups is 1. The van der Waals surface area contributed by atoms with Gasteiger partial charge in [0.05, 0.1) is 11.4 Å². The molecule has 1 saturated heterocycles. The lowest BCUT2D eigenvalue weighted by atomic mass is 9.86. The summed E-state index contributed by atoms with van der Waals surface area (Å²) in [4.78, 5) is 47.8. The molecule has 11 nitrogen and oxygen atoms in total. The standard InChI is InChI=1S/C37H52N4O7S2/c1-9-10-11-16-23-47-24-17-22-40-31(38-27-19-13-15-21-29(27)50(40,45)46)30(41-33(43)37(7,8)48-34(41)44)32(42)39-26-18-12-14-20-28(26)49-36(5,6)25-35(2,3)4/h12-15,18-21,30H,9-11,16-17,22-25H2,1-8H3,(H,39,42). The van der Waals surface area contributed by atoms with E-state index >= 15 is 0 Å². The van der Waals surface area contributed by atoms with Crippen molar-refractivity contribution in [3.8, 4) is 0 Å². The fourth-order valence-corrected chi connectivity index (χ4v) is 9.49. The van der Waals surface area contributed by atoms with Gasteiger partial charge in [-0.1, -0.05) is 85.1 Å². The second-order valence-electron chi connectivity index (χ2n) is 15.1. The number of imide groups is 1. The van der Waals surface area contributed by atoms with Crippen molar-refractivity contribution in [3.05, 3.63) is 48.5 Å². The number of cyclic esters (lactones) is 1. The topological polar surface area (TPSA) is 135 Å². The number of nitrogens with one attached hydrogen (secondary N) is 1. The van der Waals surface area contributed by atoms with Crippen LogP contribution in [0.3, 0.4) is 0 Å². The maximum absolute atomic E-state index is 14.6. The summed E-state index contributed by atoms with van der Waals surface area (Å²) in [5, 5.41) is 2.92. The first-order valence-corrected chi connectivity index (χ1v) is 19.6. The summed E-state index contributed by atoms with van der Waals surface area (Å²) in [7, 11) is -4.26. The molecule has 0 spiro atoms. The smallest absolute Gasteiger partial charge is 0.418 e. The van der Waals surface area contributed by atoms with E-state index in [1.54, 1.807) is 36.0 Å². The molecule has 2 aromatic carbocycles. The van der Waals surface area contributed by atoms with Gasteiger partial charge in [-0.25, -0.2) is 23.1 Å². The Labute approximate surface area is 301 Å². The second kappa shape index (κ2) is 15.9. The van der Waals surface area contributed by atoms with E-state index in [0.29, 0.717) is 17.2 Å². The Morgan fingerprint density at radius 3 is 2.30 bits per heavy atom. The highest BCUT2D eigenvalue weighted by atomic mass is 32.2. The summed E-state index contributed by atoms with van der Waals surface area (Å²) >= 11 is 1.60. The molecule has 1 fully saturated rings. The van der Waals surface area contributed by atoms with E-state index < -0.39 is 39.6 Å². The van der Waals surface area contributed by atoms with Gasteiger partial charge in [-0.2, -0.15) is 0 Å². The molecule has 1 unspecified atom stereocenters. The molecule has 0 saturated carbocycles. The molecule has 0 aliphatic carbocycles. The molecule has 4 rings (SSSR count). The molecule has 0 aromatic heterocycles. The maximum Gasteiger partial charge on any atom is 0.418 e. The normalized spacial score (nSPS) is 17.6. The van der Waals surface area contributed by atoms with Gasteiger partial charge in [-0.05, 0) is 62.8 Å². The number of nitrogens with zero attached hydrogens (tertiary/aromatic N) is 3. The summed E-state index contributed by atoms with van der Waals surface area (Å²) in [5.41, 5.74) is -0.976. The van der Waals surface area contributed by atoms with Crippen molar-refractivity contribution in [1.82, 2.24) is 9.21 Å². The fourth-order valence-electron chi connectivity index (χ4n) is 6.39. The zero-order chi connectivity index (χ0) is 36.9. The molecular formula is C37H52N4O7S2. The number of para-hydroxylation sites is 2. The first-order chi connectivity index (χ1) is 23.4. The lowest BCUT2D eigenvalue weighted by Gasteiger charge is -2.35. The number of amides is 3. The van der Waals surface area contributed by atoms with Crippen LogP contribution in [-0.4, -0.2) is 77.5 Å². The maximum atomic E-state index is 14.6. The van der Waals surface area contributed by atoms with E-state index in [1.165, 1.54) is 26.0 Å². The Morgan fingerprint density at radius 1 is 0.980 bits per heavy atom. The van der Waals surface area contributed by atoms with Gasteiger partial charge in [0.1, 0.15) is 4.90 Å². The minimum absolute atomic E-state index is 0.0399. The lowest BCUT2D eigenvalue weighted by Crippen LogP contribution is -2.59. The van der Waals surface area contributed by atoms with Crippen LogP contribution >= 0.6 is 11.8 Å². The number of hydrogen-bond acceptors (Lipinski definition) is 9. The number of unbranched alkanes of at least 4 members (excludes halogenated alkanes) is 3. The molecular weight excluding hydrogens is 677 g/mol. The summed E-state index contributed by atoms with van der Waals surface area (Å²) in [6.07, 6.45) is 4.27. The largest absolute Gasteiger partial charge is 0.433 e. The van der Waals surface area contributed by atoms with Crippen molar-refractivity contribution >= 4 is 56.9 Å². The van der Waals surface area contributed by atoms with E-state index in [9.17, 15) is 22.8 Å². The Bertz CT molecular complexity index is 1700. The minimum Gasteiger partial charge on any atom is -0.433 e. The van der Waals surface area contributed by atoms with Gasteiger partial charge in [0.2, 0.25) is 0 Å². The molecule has 1 N–H and O–H groups in total. The van der Waals surface area contributed by atoms with Crippen molar-refractivity contribution in [1.29, 1.82) is 0 Å². The first kappa shape index (κ1) is 39.4. The van der Waals surface area contributed by atoms with Gasteiger partial charge < -0.3 is 14.8 Å². The highest BCUT2D eigenvalue weighted by Crippen LogP contribution is 2.43. The number of rotatable bonds is 16. The Kier molecular flexibility index (Phi) is 12.5. The Hall–Kier alpha value is -3.42. The SMILES string of the molecule is CCCCCCOCCCN1C(C(C(=O)Nc2ccccc2SC(C)(C)CC(C)(C)C)N2C(=O)OC(C)(C)C2=O)=Nc2ccccc2S1(=O)=O. The monoisotopic (exact) mass is 728 g/mol. The third-order valence-corrected chi connectivity index (χ3v) is 11.4. The first-order valence-electron chi connectivity index (χ1n) is 17.3. The van der Waals surface area contributed by atoms with Crippen molar-refractivity contribution < 1.29 is 32.3 Å². The number of carbonyl (C=O) groups excluding carboxylic acids is 3. The average molecular weight is 729 g/mol. The van der Waals surface area contributed by atoms with Gasteiger partial charge in [0.25, 0.3) is 21.8 Å². The fraction of sp³-hybridized carbons (Fsp3) is 0.568. The van der Waals surface area contributed by atoms with E-state index in [-0.39, 0.29) is 46.2 Å². The Morgan fingerprint density at radius 2 is 1.64 bits per heavy atom. The lowest BCUT2D eigenvalue weighted by molar-refractivity contribution is -0.137. The number of benzene rings is 2. The Balaban J connectivity index is 1.74. The molecule has 0 radical (unpaired) electrons. The molecule has 3 amide bonds. The molecule has 2 aliphatic rings. The predicted molar refractivity (Wildman–Crippen MR) is 197 cm³/mol. The van der Waals surface area contributed by atoms with E-state index in [0.717, 1.165) is 41.3 Å². The highest BCUT2D eigenvalue weighted by Gasteiger charge is 2.55. The van der Waals surface area contributed by atoms with E-state index in [1.807, 2.05) is 12.1 Å². The van der Waals surface area contributed by atoms with Gasteiger partial charge in [-0.15, -0.1) is 11.8 Å². The van der Waals surface area contributed by atoms with Crippen LogP contribution in [0.2, 0.25) is 0 Å². The predicted octanol–water partition coefficient (Wildman–Crippen LogP) is 7.78. The molecule has 274 valence electrons. The zero-order valence-electron chi connectivity index (χ0n) is 30.6. The summed E-state index contributed by atoms with van der Waals surface area (Å²) in [6, 6.07) is 11.7.